The van der Waals surface area contributed by atoms with Gasteiger partial charge in [-0.2, -0.15) is 12.6 Å². The fourth-order valence-electron chi connectivity index (χ4n) is 1.07. The van der Waals surface area contributed by atoms with Gasteiger partial charge in [-0.05, 0) is 0 Å². The molecule has 76 valence electrons. The molecular formula is C6H10O6S. The van der Waals surface area contributed by atoms with Crippen molar-refractivity contribution in [2.24, 2.45) is 0 Å². The summed E-state index contributed by atoms with van der Waals surface area (Å²) in [6.45, 7) is 0. The Morgan fingerprint density at radius 2 is 1.77 bits per heavy atom. The van der Waals surface area contributed by atoms with Crippen LogP contribution in [0.4, 0.5) is 0 Å². The van der Waals surface area contributed by atoms with Crippen molar-refractivity contribution in [1.29, 1.82) is 0 Å². The van der Waals surface area contributed by atoms with Crippen LogP contribution in [0.15, 0.2) is 0 Å². The van der Waals surface area contributed by atoms with E-state index in [0.717, 1.165) is 0 Å². The predicted octanol–water partition coefficient (Wildman–Crippen LogP) is -2.19. The van der Waals surface area contributed by atoms with Gasteiger partial charge in [0.2, 0.25) is 0 Å². The van der Waals surface area contributed by atoms with E-state index in [4.69, 9.17) is 10.2 Å². The Kier molecular flexibility index (Phi) is 3.14. The number of carboxylic acid groups (broad SMARTS) is 1. The minimum atomic E-state index is -1.62. The molecule has 0 saturated carbocycles. The number of hydrogen-bond acceptors (Lipinski definition) is 6. The molecule has 0 aromatic heterocycles. The molecule has 0 aliphatic carbocycles. The highest BCUT2D eigenvalue weighted by molar-refractivity contribution is 7.81. The van der Waals surface area contributed by atoms with Gasteiger partial charge in [0.1, 0.15) is 6.10 Å². The summed E-state index contributed by atoms with van der Waals surface area (Å²) in [5, 5.41) is 34.9. The zero-order chi connectivity index (χ0) is 10.2. The van der Waals surface area contributed by atoms with Crippen LogP contribution in [-0.2, 0) is 9.53 Å². The third-order valence-corrected chi connectivity index (χ3v) is 2.39. The Balaban J connectivity index is 2.76. The summed E-state index contributed by atoms with van der Waals surface area (Å²) >= 11 is 3.74. The molecule has 7 heteroatoms. The van der Waals surface area contributed by atoms with Crippen LogP contribution in [0.3, 0.4) is 0 Å². The molecule has 4 N–H and O–H groups in total. The van der Waals surface area contributed by atoms with Crippen molar-refractivity contribution in [2.75, 3.05) is 0 Å². The number of carboxylic acids is 1. The van der Waals surface area contributed by atoms with E-state index < -0.39 is 35.8 Å². The van der Waals surface area contributed by atoms with Crippen molar-refractivity contribution in [3.05, 3.63) is 0 Å². The molecule has 1 heterocycles. The molecule has 1 aliphatic heterocycles. The molecule has 1 aliphatic rings. The van der Waals surface area contributed by atoms with Gasteiger partial charge in [-0.1, -0.05) is 0 Å². The third-order valence-electron chi connectivity index (χ3n) is 1.83. The molecule has 1 rings (SSSR count). The summed E-state index contributed by atoms with van der Waals surface area (Å²) in [6, 6.07) is 0. The molecule has 5 atom stereocenters. The van der Waals surface area contributed by atoms with Gasteiger partial charge in [0.15, 0.2) is 12.4 Å². The summed E-state index contributed by atoms with van der Waals surface area (Å²) in [5.41, 5.74) is 0. The van der Waals surface area contributed by atoms with Crippen molar-refractivity contribution in [2.45, 2.75) is 29.9 Å². The highest BCUT2D eigenvalue weighted by atomic mass is 32.1. The molecule has 1 fully saturated rings. The minimum Gasteiger partial charge on any atom is -0.479 e. The highest BCUT2D eigenvalue weighted by Crippen LogP contribution is 2.23. The SMILES string of the molecule is O=C(O)[C@H]1OC(O)[C@H](S)[C@@H](O)[C@@H]1O. The van der Waals surface area contributed by atoms with E-state index in [0.29, 0.717) is 0 Å². The molecular weight excluding hydrogens is 200 g/mol. The molecule has 1 unspecified atom stereocenters. The van der Waals surface area contributed by atoms with Crippen molar-refractivity contribution in [1.82, 2.24) is 0 Å². The monoisotopic (exact) mass is 210 g/mol. The number of rotatable bonds is 1. The van der Waals surface area contributed by atoms with Crippen LogP contribution in [-0.4, -0.2) is 56.2 Å². The lowest BCUT2D eigenvalue weighted by molar-refractivity contribution is -0.232. The smallest absolute Gasteiger partial charge is 0.335 e. The summed E-state index contributed by atoms with van der Waals surface area (Å²) in [5.74, 6) is -1.44. The summed E-state index contributed by atoms with van der Waals surface area (Å²) in [7, 11) is 0. The van der Waals surface area contributed by atoms with E-state index in [-0.39, 0.29) is 0 Å². The minimum absolute atomic E-state index is 1.01. The molecule has 1 saturated heterocycles. The second kappa shape index (κ2) is 3.81. The molecule has 0 aromatic rings. The summed E-state index contributed by atoms with van der Waals surface area (Å²) in [6.07, 6.45) is -6.12. The van der Waals surface area contributed by atoms with Crippen molar-refractivity contribution >= 4 is 18.6 Å². The Morgan fingerprint density at radius 1 is 1.23 bits per heavy atom. The Hall–Kier alpha value is -0.340. The van der Waals surface area contributed by atoms with Gasteiger partial charge < -0.3 is 25.2 Å². The number of ether oxygens (including phenoxy) is 1. The fourth-order valence-corrected chi connectivity index (χ4v) is 1.31. The van der Waals surface area contributed by atoms with E-state index in [1.54, 1.807) is 0 Å². The first-order chi connectivity index (χ1) is 5.95. The zero-order valence-electron chi connectivity index (χ0n) is 6.44. The van der Waals surface area contributed by atoms with Crippen molar-refractivity contribution in [3.63, 3.8) is 0 Å². The number of aliphatic hydroxyl groups is 3. The highest BCUT2D eigenvalue weighted by Gasteiger charge is 2.45. The van der Waals surface area contributed by atoms with Crippen LogP contribution in [0.5, 0.6) is 0 Å². The topological polar surface area (TPSA) is 107 Å². The Morgan fingerprint density at radius 3 is 2.23 bits per heavy atom. The number of hydrogen-bond donors (Lipinski definition) is 5. The molecule has 13 heavy (non-hydrogen) atoms. The molecule has 0 spiro atoms. The maximum atomic E-state index is 10.4. The first-order valence-electron chi connectivity index (χ1n) is 3.55. The number of aliphatic carboxylic acids is 1. The maximum absolute atomic E-state index is 10.4. The van der Waals surface area contributed by atoms with E-state index in [1.807, 2.05) is 0 Å². The van der Waals surface area contributed by atoms with E-state index in [1.165, 1.54) is 0 Å². The second-order valence-corrected chi connectivity index (χ2v) is 3.35. The van der Waals surface area contributed by atoms with Gasteiger partial charge in [0.25, 0.3) is 0 Å². The second-order valence-electron chi connectivity index (χ2n) is 2.76. The molecule has 0 amide bonds. The van der Waals surface area contributed by atoms with Gasteiger partial charge in [0, 0.05) is 0 Å². The summed E-state index contributed by atoms with van der Waals surface area (Å²) in [4.78, 5) is 10.4. The molecule has 0 bridgehead atoms. The zero-order valence-corrected chi connectivity index (χ0v) is 7.33. The molecule has 0 radical (unpaired) electrons. The third kappa shape index (κ3) is 1.94. The first kappa shape index (κ1) is 10.7. The van der Waals surface area contributed by atoms with Crippen LogP contribution >= 0.6 is 12.6 Å². The van der Waals surface area contributed by atoms with E-state index >= 15 is 0 Å². The fraction of sp³-hybridized carbons (Fsp3) is 0.833. The molecule has 6 nitrogen and oxygen atoms in total. The van der Waals surface area contributed by atoms with Gasteiger partial charge in [0.05, 0.1) is 11.4 Å². The van der Waals surface area contributed by atoms with E-state index in [2.05, 4.69) is 17.4 Å². The Bertz CT molecular complexity index is 209. The van der Waals surface area contributed by atoms with E-state index in [9.17, 15) is 15.0 Å². The average molecular weight is 210 g/mol. The lowest BCUT2D eigenvalue weighted by Gasteiger charge is -2.36. The van der Waals surface area contributed by atoms with Crippen LogP contribution in [0.1, 0.15) is 0 Å². The normalized spacial score (nSPS) is 46.0. The van der Waals surface area contributed by atoms with Crippen LogP contribution in [0.25, 0.3) is 0 Å². The number of thiol groups is 1. The largest absolute Gasteiger partial charge is 0.479 e. The number of carbonyl (C=O) groups is 1. The first-order valence-corrected chi connectivity index (χ1v) is 4.07. The van der Waals surface area contributed by atoms with Gasteiger partial charge in [-0.3, -0.25) is 0 Å². The molecule has 0 aromatic carbocycles. The van der Waals surface area contributed by atoms with Crippen molar-refractivity contribution < 1.29 is 30.0 Å². The quantitative estimate of drug-likeness (QED) is 0.315. The number of aliphatic hydroxyl groups excluding tert-OH is 3. The van der Waals surface area contributed by atoms with Gasteiger partial charge >= 0.3 is 5.97 Å². The lowest BCUT2D eigenvalue weighted by Crippen LogP contribution is -2.57. The lowest BCUT2D eigenvalue weighted by atomic mass is 10.0. The van der Waals surface area contributed by atoms with Crippen LogP contribution < -0.4 is 0 Å². The van der Waals surface area contributed by atoms with Gasteiger partial charge in [-0.15, -0.1) is 0 Å². The standard InChI is InChI=1S/C6H10O6S/c7-1-2(8)4(13)6(11)12-3(1)5(9)10/h1-4,6-8,11,13H,(H,9,10)/t1-,2-,3-,4+,6?/m0/s1. The summed E-state index contributed by atoms with van der Waals surface area (Å²) < 4.78 is 4.51. The maximum Gasteiger partial charge on any atom is 0.335 e. The van der Waals surface area contributed by atoms with Gasteiger partial charge in [-0.25, -0.2) is 4.79 Å². The predicted molar refractivity (Wildman–Crippen MR) is 43.3 cm³/mol. The Labute approximate surface area is 79.2 Å². The average Bonchev–Trinajstić information content (AvgIpc) is 2.07. The van der Waals surface area contributed by atoms with Crippen LogP contribution in [0.2, 0.25) is 0 Å². The van der Waals surface area contributed by atoms with Crippen LogP contribution in [0, 0.1) is 0 Å². The van der Waals surface area contributed by atoms with Crippen molar-refractivity contribution in [3.8, 4) is 0 Å².